The molecule has 23 heavy (non-hydrogen) atoms. The molecule has 1 saturated carbocycles. The van der Waals surface area contributed by atoms with Gasteiger partial charge >= 0.3 is 13.1 Å². The topological polar surface area (TPSA) is 53.5 Å². The monoisotopic (exact) mass is 318 g/mol. The largest absolute Gasteiger partial charge is 0.498 e. The van der Waals surface area contributed by atoms with E-state index in [9.17, 15) is 0 Å². The Balaban J connectivity index is 1.83. The SMILES string of the molecule is Cc1nc(OC2CCCC2)nc(C)c1B1OC(C)(C)C(C)(C)O1. The number of hydrogen-bond donors (Lipinski definition) is 0. The van der Waals surface area contributed by atoms with Crippen LogP contribution in [0.5, 0.6) is 6.01 Å². The van der Waals surface area contributed by atoms with Crippen LogP contribution in [0.4, 0.5) is 0 Å². The van der Waals surface area contributed by atoms with Gasteiger partial charge in [-0.2, -0.15) is 0 Å². The van der Waals surface area contributed by atoms with Crippen LogP contribution in [0.3, 0.4) is 0 Å². The molecule has 1 aromatic rings. The molecule has 0 spiro atoms. The highest BCUT2D eigenvalue weighted by Crippen LogP contribution is 2.36. The Labute approximate surface area is 139 Å². The van der Waals surface area contributed by atoms with E-state index < -0.39 is 7.12 Å². The van der Waals surface area contributed by atoms with Crippen molar-refractivity contribution in [1.29, 1.82) is 0 Å². The maximum atomic E-state index is 6.14. The van der Waals surface area contributed by atoms with Crippen LogP contribution in [0.25, 0.3) is 0 Å². The van der Waals surface area contributed by atoms with Gasteiger partial charge in [-0.05, 0) is 67.2 Å². The predicted molar refractivity (Wildman–Crippen MR) is 90.1 cm³/mol. The summed E-state index contributed by atoms with van der Waals surface area (Å²) in [6.45, 7) is 12.1. The summed E-state index contributed by atoms with van der Waals surface area (Å²) < 4.78 is 18.2. The molecule has 3 rings (SSSR count). The summed E-state index contributed by atoms with van der Waals surface area (Å²) in [5, 5.41) is 0. The van der Waals surface area contributed by atoms with Gasteiger partial charge in [0.05, 0.1) is 11.2 Å². The molecule has 1 saturated heterocycles. The second-order valence-corrected chi connectivity index (χ2v) is 7.70. The van der Waals surface area contributed by atoms with Crippen molar-refractivity contribution in [1.82, 2.24) is 9.97 Å². The van der Waals surface area contributed by atoms with Gasteiger partial charge in [0.1, 0.15) is 6.10 Å². The Hall–Kier alpha value is -1.14. The van der Waals surface area contributed by atoms with E-state index in [-0.39, 0.29) is 17.3 Å². The van der Waals surface area contributed by atoms with Crippen molar-refractivity contribution >= 4 is 12.6 Å². The van der Waals surface area contributed by atoms with Crippen molar-refractivity contribution in [2.45, 2.75) is 84.5 Å². The van der Waals surface area contributed by atoms with Crippen molar-refractivity contribution < 1.29 is 14.0 Å². The van der Waals surface area contributed by atoms with Crippen LogP contribution < -0.4 is 10.2 Å². The summed E-state index contributed by atoms with van der Waals surface area (Å²) in [5.74, 6) is 0. The number of ether oxygens (including phenoxy) is 1. The van der Waals surface area contributed by atoms with E-state index in [0.29, 0.717) is 6.01 Å². The van der Waals surface area contributed by atoms with Crippen molar-refractivity contribution in [2.24, 2.45) is 0 Å². The summed E-state index contributed by atoms with van der Waals surface area (Å²) in [6.07, 6.45) is 4.92. The van der Waals surface area contributed by atoms with E-state index in [0.717, 1.165) is 29.7 Å². The highest BCUT2D eigenvalue weighted by atomic mass is 16.7. The van der Waals surface area contributed by atoms with Crippen LogP contribution >= 0.6 is 0 Å². The first-order valence-corrected chi connectivity index (χ1v) is 8.57. The molecule has 0 N–H and O–H groups in total. The molecule has 5 nitrogen and oxygen atoms in total. The minimum atomic E-state index is -0.430. The first-order valence-electron chi connectivity index (χ1n) is 8.57. The molecule has 1 aliphatic carbocycles. The number of aryl methyl sites for hydroxylation is 2. The van der Waals surface area contributed by atoms with Gasteiger partial charge in [-0.3, -0.25) is 0 Å². The fourth-order valence-corrected chi connectivity index (χ4v) is 3.20. The number of rotatable bonds is 3. The first-order chi connectivity index (χ1) is 10.7. The smallest absolute Gasteiger partial charge is 0.460 e. The quantitative estimate of drug-likeness (QED) is 0.802. The normalized spacial score (nSPS) is 23.5. The second kappa shape index (κ2) is 5.74. The summed E-state index contributed by atoms with van der Waals surface area (Å²) >= 11 is 0. The molecule has 6 heteroatoms. The highest BCUT2D eigenvalue weighted by Gasteiger charge is 2.52. The third kappa shape index (κ3) is 3.11. The molecule has 0 unspecified atom stereocenters. The Morgan fingerprint density at radius 1 is 0.957 bits per heavy atom. The standard InChI is InChI=1S/C17H27BN2O3/c1-11-14(18-22-16(3,4)17(5,6)23-18)12(2)20-15(19-11)21-13-9-7-8-10-13/h13H,7-10H2,1-6H3. The second-order valence-electron chi connectivity index (χ2n) is 7.70. The lowest BCUT2D eigenvalue weighted by Gasteiger charge is -2.32. The van der Waals surface area contributed by atoms with E-state index in [1.807, 2.05) is 13.8 Å². The lowest BCUT2D eigenvalue weighted by Crippen LogP contribution is -2.41. The van der Waals surface area contributed by atoms with Gasteiger partial charge in [-0.15, -0.1) is 0 Å². The number of hydrogen-bond acceptors (Lipinski definition) is 5. The summed E-state index contributed by atoms with van der Waals surface area (Å²) in [6, 6.07) is 0.479. The molecule has 1 aliphatic heterocycles. The van der Waals surface area contributed by atoms with Crippen LogP contribution in [0.15, 0.2) is 0 Å². The molecule has 2 fully saturated rings. The molecule has 0 radical (unpaired) electrons. The Morgan fingerprint density at radius 2 is 1.43 bits per heavy atom. The third-order valence-corrected chi connectivity index (χ3v) is 5.37. The van der Waals surface area contributed by atoms with E-state index in [1.54, 1.807) is 0 Å². The van der Waals surface area contributed by atoms with Crippen LogP contribution in [0.2, 0.25) is 0 Å². The molecule has 0 amide bonds. The molecule has 0 atom stereocenters. The van der Waals surface area contributed by atoms with Gasteiger partial charge in [0.25, 0.3) is 0 Å². The van der Waals surface area contributed by atoms with Crippen molar-refractivity contribution in [2.75, 3.05) is 0 Å². The molecule has 2 heterocycles. The maximum Gasteiger partial charge on any atom is 0.498 e. The summed E-state index contributed by atoms with van der Waals surface area (Å²) in [4.78, 5) is 9.09. The molecule has 2 aliphatic rings. The molecular formula is C17H27BN2O3. The van der Waals surface area contributed by atoms with E-state index in [4.69, 9.17) is 14.0 Å². The van der Waals surface area contributed by atoms with Gasteiger partial charge in [0.15, 0.2) is 0 Å². The summed E-state index contributed by atoms with van der Waals surface area (Å²) in [5.41, 5.74) is 1.92. The first kappa shape index (κ1) is 16.7. The van der Waals surface area contributed by atoms with Gasteiger partial charge < -0.3 is 14.0 Å². The zero-order valence-electron chi connectivity index (χ0n) is 15.1. The number of aromatic nitrogens is 2. The van der Waals surface area contributed by atoms with Crippen molar-refractivity contribution in [3.05, 3.63) is 11.4 Å². The van der Waals surface area contributed by atoms with Crippen LogP contribution in [0.1, 0.15) is 64.8 Å². The molecule has 0 bridgehead atoms. The Kier molecular flexibility index (Phi) is 4.17. The Bertz CT molecular complexity index is 558. The van der Waals surface area contributed by atoms with Gasteiger partial charge in [-0.25, -0.2) is 9.97 Å². The van der Waals surface area contributed by atoms with Gasteiger partial charge in [-0.1, -0.05) is 0 Å². The van der Waals surface area contributed by atoms with Crippen molar-refractivity contribution in [3.8, 4) is 6.01 Å². The lowest BCUT2D eigenvalue weighted by molar-refractivity contribution is 0.00578. The van der Waals surface area contributed by atoms with Gasteiger partial charge in [0.2, 0.25) is 0 Å². The fourth-order valence-electron chi connectivity index (χ4n) is 3.20. The highest BCUT2D eigenvalue weighted by molar-refractivity contribution is 6.63. The molecule has 0 aromatic carbocycles. The maximum absolute atomic E-state index is 6.14. The Morgan fingerprint density at radius 3 is 1.91 bits per heavy atom. The van der Waals surface area contributed by atoms with Crippen LogP contribution in [-0.4, -0.2) is 34.4 Å². The molecule has 126 valence electrons. The van der Waals surface area contributed by atoms with E-state index in [1.165, 1.54) is 12.8 Å². The third-order valence-electron chi connectivity index (χ3n) is 5.37. The predicted octanol–water partition coefficient (Wildman–Crippen LogP) is 2.71. The van der Waals surface area contributed by atoms with Gasteiger partial charge in [0, 0.05) is 16.9 Å². The van der Waals surface area contributed by atoms with E-state index in [2.05, 4.69) is 37.7 Å². The fraction of sp³-hybridized carbons (Fsp3) is 0.765. The van der Waals surface area contributed by atoms with Crippen LogP contribution in [-0.2, 0) is 9.31 Å². The van der Waals surface area contributed by atoms with Crippen LogP contribution in [0, 0.1) is 13.8 Å². The minimum absolute atomic E-state index is 0.261. The summed E-state index contributed by atoms with van der Waals surface area (Å²) in [7, 11) is -0.430. The zero-order valence-corrected chi connectivity index (χ0v) is 15.1. The number of nitrogens with zero attached hydrogens (tertiary/aromatic N) is 2. The zero-order chi connectivity index (χ0) is 16.8. The van der Waals surface area contributed by atoms with Crippen molar-refractivity contribution in [3.63, 3.8) is 0 Å². The lowest BCUT2D eigenvalue weighted by atomic mass is 9.77. The minimum Gasteiger partial charge on any atom is -0.460 e. The average Bonchev–Trinajstić information content (AvgIpc) is 2.95. The van der Waals surface area contributed by atoms with E-state index >= 15 is 0 Å². The average molecular weight is 318 g/mol. The molecule has 1 aromatic heterocycles. The molecular weight excluding hydrogens is 291 g/mol.